The first-order chi connectivity index (χ1) is 16.9. The highest BCUT2D eigenvalue weighted by Crippen LogP contribution is 2.44. The minimum atomic E-state index is -1.08. The maximum absolute atomic E-state index is 12.6. The SMILES string of the molecule is CCCC(NC(=O)c1ccc(NC(=O)OCC2c3ccccc3-c3ccccc32)c(Br)c1)C(=O)O. The number of anilines is 1. The van der Waals surface area contributed by atoms with Gasteiger partial charge in [-0.15, -0.1) is 0 Å². The van der Waals surface area contributed by atoms with Crippen LogP contribution in [0.5, 0.6) is 0 Å². The van der Waals surface area contributed by atoms with Crippen LogP contribution in [0.15, 0.2) is 71.2 Å². The molecule has 1 aliphatic rings. The molecule has 3 aromatic carbocycles. The standard InChI is InChI=1S/C27H25BrN2O5/c1-2-7-24(26(32)33)29-25(31)16-12-13-23(22(28)14-16)30-27(34)35-15-21-19-10-5-3-8-17(19)18-9-4-6-11-20(18)21/h3-6,8-14,21,24H,2,7,15H2,1H3,(H,29,31)(H,30,34)(H,32,33). The van der Waals surface area contributed by atoms with Crippen molar-refractivity contribution in [3.05, 3.63) is 87.9 Å². The van der Waals surface area contributed by atoms with Crippen molar-refractivity contribution in [2.45, 2.75) is 31.7 Å². The largest absolute Gasteiger partial charge is 0.480 e. The van der Waals surface area contributed by atoms with Gasteiger partial charge in [-0.3, -0.25) is 10.1 Å². The fourth-order valence-electron chi connectivity index (χ4n) is 4.29. The summed E-state index contributed by atoms with van der Waals surface area (Å²) in [5.41, 5.74) is 5.26. The average molecular weight is 537 g/mol. The Morgan fingerprint density at radius 2 is 1.63 bits per heavy atom. The van der Waals surface area contributed by atoms with Crippen molar-refractivity contribution in [1.29, 1.82) is 0 Å². The van der Waals surface area contributed by atoms with Gasteiger partial charge in [0.2, 0.25) is 0 Å². The summed E-state index contributed by atoms with van der Waals surface area (Å²) >= 11 is 3.36. The Bertz CT molecular complexity index is 1230. The lowest BCUT2D eigenvalue weighted by Crippen LogP contribution is -2.40. The van der Waals surface area contributed by atoms with Crippen molar-refractivity contribution < 1.29 is 24.2 Å². The van der Waals surface area contributed by atoms with E-state index in [-0.39, 0.29) is 18.1 Å². The molecule has 4 rings (SSSR count). The summed E-state index contributed by atoms with van der Waals surface area (Å²) in [6, 6.07) is 19.9. The van der Waals surface area contributed by atoms with Crippen LogP contribution >= 0.6 is 15.9 Å². The molecule has 0 aromatic heterocycles. The summed E-state index contributed by atoms with van der Waals surface area (Å²) in [5.74, 6) is -1.62. The van der Waals surface area contributed by atoms with E-state index in [0.29, 0.717) is 23.0 Å². The zero-order valence-corrected chi connectivity index (χ0v) is 20.7. The number of carbonyl (C=O) groups excluding carboxylic acids is 2. The van der Waals surface area contributed by atoms with E-state index in [1.165, 1.54) is 12.1 Å². The zero-order chi connectivity index (χ0) is 24.9. The molecule has 1 unspecified atom stereocenters. The van der Waals surface area contributed by atoms with Gasteiger partial charge in [-0.1, -0.05) is 61.9 Å². The summed E-state index contributed by atoms with van der Waals surface area (Å²) in [5, 5.41) is 14.5. The van der Waals surface area contributed by atoms with Crippen molar-refractivity contribution >= 4 is 39.6 Å². The van der Waals surface area contributed by atoms with Crippen LogP contribution in [0.1, 0.15) is 47.2 Å². The molecule has 0 spiro atoms. The molecule has 8 heteroatoms. The lowest BCUT2D eigenvalue weighted by atomic mass is 9.98. The molecular weight excluding hydrogens is 512 g/mol. The number of carboxylic acids is 1. The molecule has 0 bridgehead atoms. The molecular formula is C27H25BrN2O5. The van der Waals surface area contributed by atoms with Gasteiger partial charge in [-0.2, -0.15) is 0 Å². The quantitative estimate of drug-likeness (QED) is 0.337. The van der Waals surface area contributed by atoms with Gasteiger partial charge in [0.25, 0.3) is 5.91 Å². The second-order valence-electron chi connectivity index (χ2n) is 8.30. The molecule has 180 valence electrons. The van der Waals surface area contributed by atoms with Crippen molar-refractivity contribution in [3.63, 3.8) is 0 Å². The fraction of sp³-hybridized carbons (Fsp3) is 0.222. The number of fused-ring (bicyclic) bond motifs is 3. The van der Waals surface area contributed by atoms with Crippen molar-refractivity contribution in [3.8, 4) is 11.1 Å². The lowest BCUT2D eigenvalue weighted by Gasteiger charge is -2.16. The Morgan fingerprint density at radius 3 is 2.20 bits per heavy atom. The van der Waals surface area contributed by atoms with Crippen LogP contribution in [0.25, 0.3) is 11.1 Å². The van der Waals surface area contributed by atoms with Gasteiger partial charge >= 0.3 is 12.1 Å². The topological polar surface area (TPSA) is 105 Å². The molecule has 7 nitrogen and oxygen atoms in total. The van der Waals surface area contributed by atoms with Crippen LogP contribution in [0.3, 0.4) is 0 Å². The Hall–Kier alpha value is -3.65. The van der Waals surface area contributed by atoms with E-state index in [9.17, 15) is 19.5 Å². The number of benzene rings is 3. The first kappa shape index (κ1) is 24.5. The first-order valence-corrected chi connectivity index (χ1v) is 12.1. The molecule has 3 aromatic rings. The van der Waals surface area contributed by atoms with Gasteiger partial charge in [-0.05, 0) is 62.8 Å². The maximum atomic E-state index is 12.6. The van der Waals surface area contributed by atoms with Gasteiger partial charge in [0.05, 0.1) is 5.69 Å². The predicted molar refractivity (Wildman–Crippen MR) is 137 cm³/mol. The smallest absolute Gasteiger partial charge is 0.411 e. The van der Waals surface area contributed by atoms with E-state index in [0.717, 1.165) is 22.3 Å². The van der Waals surface area contributed by atoms with Crippen LogP contribution in [-0.4, -0.2) is 35.7 Å². The van der Waals surface area contributed by atoms with Crippen LogP contribution in [0, 0.1) is 0 Å². The van der Waals surface area contributed by atoms with Crippen LogP contribution in [-0.2, 0) is 9.53 Å². The summed E-state index contributed by atoms with van der Waals surface area (Å²) < 4.78 is 6.04. The van der Waals surface area contributed by atoms with E-state index in [2.05, 4.69) is 50.8 Å². The molecule has 0 heterocycles. The zero-order valence-electron chi connectivity index (χ0n) is 19.1. The molecule has 0 saturated heterocycles. The van der Waals surface area contributed by atoms with Crippen LogP contribution in [0.4, 0.5) is 10.5 Å². The third-order valence-electron chi connectivity index (χ3n) is 5.99. The van der Waals surface area contributed by atoms with Gasteiger partial charge in [0.15, 0.2) is 0 Å². The summed E-state index contributed by atoms with van der Waals surface area (Å²) in [4.78, 5) is 36.3. The molecule has 0 fully saturated rings. The lowest BCUT2D eigenvalue weighted by molar-refractivity contribution is -0.139. The number of carbonyl (C=O) groups is 3. The van der Waals surface area contributed by atoms with Crippen LogP contribution in [0.2, 0.25) is 0 Å². The third-order valence-corrected chi connectivity index (χ3v) is 6.65. The summed E-state index contributed by atoms with van der Waals surface area (Å²) in [6.45, 7) is 2.04. The summed E-state index contributed by atoms with van der Waals surface area (Å²) in [7, 11) is 0. The van der Waals surface area contributed by atoms with Gasteiger partial charge in [-0.25, -0.2) is 9.59 Å². The van der Waals surface area contributed by atoms with E-state index in [1.807, 2.05) is 31.2 Å². The fourth-order valence-corrected chi connectivity index (χ4v) is 4.77. The molecule has 1 atom stereocenters. The number of amides is 2. The molecule has 35 heavy (non-hydrogen) atoms. The van der Waals surface area contributed by atoms with E-state index >= 15 is 0 Å². The highest BCUT2D eigenvalue weighted by molar-refractivity contribution is 9.10. The Labute approximate surface area is 211 Å². The van der Waals surface area contributed by atoms with E-state index in [1.54, 1.807) is 6.07 Å². The minimum Gasteiger partial charge on any atom is -0.480 e. The molecule has 2 amide bonds. The van der Waals surface area contributed by atoms with Crippen molar-refractivity contribution in [2.24, 2.45) is 0 Å². The van der Waals surface area contributed by atoms with E-state index in [4.69, 9.17) is 4.74 Å². The molecule has 0 aliphatic heterocycles. The number of rotatable bonds is 8. The molecule has 3 N–H and O–H groups in total. The second kappa shape index (κ2) is 10.7. The van der Waals surface area contributed by atoms with Gasteiger partial charge < -0.3 is 15.2 Å². The Kier molecular flexibility index (Phi) is 7.51. The van der Waals surface area contributed by atoms with E-state index < -0.39 is 24.0 Å². The highest BCUT2D eigenvalue weighted by atomic mass is 79.9. The van der Waals surface area contributed by atoms with Gasteiger partial charge in [0, 0.05) is 16.0 Å². The highest BCUT2D eigenvalue weighted by Gasteiger charge is 2.29. The van der Waals surface area contributed by atoms with Crippen molar-refractivity contribution in [1.82, 2.24) is 5.32 Å². The number of nitrogens with one attached hydrogen (secondary N) is 2. The predicted octanol–water partition coefficient (Wildman–Crippen LogP) is 5.79. The number of halogens is 1. The molecule has 0 radical (unpaired) electrons. The summed E-state index contributed by atoms with van der Waals surface area (Å²) in [6.07, 6.45) is 0.354. The Morgan fingerprint density at radius 1 is 1.00 bits per heavy atom. The van der Waals surface area contributed by atoms with Crippen LogP contribution < -0.4 is 10.6 Å². The molecule has 1 aliphatic carbocycles. The number of aliphatic carboxylic acids is 1. The number of hydrogen-bond acceptors (Lipinski definition) is 4. The monoisotopic (exact) mass is 536 g/mol. The maximum Gasteiger partial charge on any atom is 0.411 e. The second-order valence-corrected chi connectivity index (χ2v) is 9.15. The third kappa shape index (κ3) is 5.38. The number of carboxylic acid groups (broad SMARTS) is 1. The molecule has 0 saturated carbocycles. The first-order valence-electron chi connectivity index (χ1n) is 11.3. The van der Waals surface area contributed by atoms with Crippen molar-refractivity contribution in [2.75, 3.05) is 11.9 Å². The average Bonchev–Trinajstić information content (AvgIpc) is 3.17. The normalized spacial score (nSPS) is 12.9. The number of ether oxygens (including phenoxy) is 1. The number of hydrogen-bond donors (Lipinski definition) is 3. The van der Waals surface area contributed by atoms with Gasteiger partial charge in [0.1, 0.15) is 12.6 Å². The minimum absolute atomic E-state index is 0.0482. The Balaban J connectivity index is 1.39.